The van der Waals surface area contributed by atoms with Gasteiger partial charge in [-0.05, 0) is 18.6 Å². The molecule has 1 aromatic carbocycles. The Morgan fingerprint density at radius 2 is 2.09 bits per heavy atom. The van der Waals surface area contributed by atoms with Crippen LogP contribution in [-0.4, -0.2) is 36.0 Å². The molecule has 0 bridgehead atoms. The van der Waals surface area contributed by atoms with Crippen molar-refractivity contribution in [3.05, 3.63) is 29.3 Å². The largest absolute Gasteiger partial charge is 0.481 e. The van der Waals surface area contributed by atoms with Gasteiger partial charge in [0.05, 0.1) is 16.6 Å². The van der Waals surface area contributed by atoms with Crippen LogP contribution in [0.5, 0.6) is 0 Å². The van der Waals surface area contributed by atoms with Crippen molar-refractivity contribution in [2.75, 3.05) is 18.0 Å². The maximum atomic E-state index is 12.1. The van der Waals surface area contributed by atoms with Gasteiger partial charge in [0.25, 0.3) is 0 Å². The van der Waals surface area contributed by atoms with Gasteiger partial charge in [-0.1, -0.05) is 23.7 Å². The maximum absolute atomic E-state index is 12.1. The Hall–Kier alpha value is -2.08. The van der Waals surface area contributed by atoms with E-state index in [-0.39, 0.29) is 31.2 Å². The Morgan fingerprint density at radius 3 is 2.77 bits per heavy atom. The monoisotopic (exact) mass is 324 g/mol. The van der Waals surface area contributed by atoms with Crippen molar-refractivity contribution in [3.63, 3.8) is 0 Å². The lowest BCUT2D eigenvalue weighted by Gasteiger charge is -2.18. The third kappa shape index (κ3) is 3.98. The Labute approximate surface area is 133 Å². The second kappa shape index (κ2) is 7.26. The standard InChI is InChI=1S/C15H17ClN2O4/c16-11-4-1-2-5-12(11)18-9-10(8-13(18)19)15(22)17-7-3-6-14(20)21/h1-2,4-5,10H,3,6-9H2,(H,17,22)(H,20,21)/t10-/m0/s1. The number of nitrogens with zero attached hydrogens (tertiary/aromatic N) is 1. The number of halogens is 1. The molecule has 2 N–H and O–H groups in total. The molecule has 1 saturated heterocycles. The summed E-state index contributed by atoms with van der Waals surface area (Å²) in [7, 11) is 0. The number of carboxylic acid groups (broad SMARTS) is 1. The zero-order chi connectivity index (χ0) is 16.1. The van der Waals surface area contributed by atoms with E-state index in [1.165, 1.54) is 4.90 Å². The van der Waals surface area contributed by atoms with E-state index in [1.807, 2.05) is 0 Å². The smallest absolute Gasteiger partial charge is 0.303 e. The van der Waals surface area contributed by atoms with Crippen LogP contribution >= 0.6 is 11.6 Å². The van der Waals surface area contributed by atoms with E-state index in [0.29, 0.717) is 23.7 Å². The van der Waals surface area contributed by atoms with E-state index < -0.39 is 11.9 Å². The Bertz CT molecular complexity index is 591. The van der Waals surface area contributed by atoms with Crippen LogP contribution < -0.4 is 10.2 Å². The molecule has 0 spiro atoms. The number of nitrogens with one attached hydrogen (secondary N) is 1. The minimum Gasteiger partial charge on any atom is -0.481 e. The van der Waals surface area contributed by atoms with Gasteiger partial charge < -0.3 is 15.3 Å². The lowest BCUT2D eigenvalue weighted by atomic mass is 10.1. The van der Waals surface area contributed by atoms with Gasteiger partial charge >= 0.3 is 5.97 Å². The third-order valence-electron chi connectivity index (χ3n) is 3.51. The molecule has 1 heterocycles. The zero-order valence-electron chi connectivity index (χ0n) is 11.9. The van der Waals surface area contributed by atoms with Gasteiger partial charge in [0.1, 0.15) is 0 Å². The fourth-order valence-electron chi connectivity index (χ4n) is 2.38. The number of hydrogen-bond acceptors (Lipinski definition) is 3. The van der Waals surface area contributed by atoms with Crippen molar-refractivity contribution in [2.45, 2.75) is 19.3 Å². The molecule has 2 rings (SSSR count). The van der Waals surface area contributed by atoms with E-state index >= 15 is 0 Å². The van der Waals surface area contributed by atoms with Gasteiger partial charge in [-0.3, -0.25) is 14.4 Å². The Kier molecular flexibility index (Phi) is 5.38. The van der Waals surface area contributed by atoms with E-state index in [1.54, 1.807) is 24.3 Å². The molecule has 0 saturated carbocycles. The van der Waals surface area contributed by atoms with Crippen molar-refractivity contribution in [3.8, 4) is 0 Å². The molecular weight excluding hydrogens is 308 g/mol. The summed E-state index contributed by atoms with van der Waals surface area (Å²) in [6, 6.07) is 7.00. The molecule has 0 radical (unpaired) electrons. The highest BCUT2D eigenvalue weighted by atomic mass is 35.5. The fourth-order valence-corrected chi connectivity index (χ4v) is 2.62. The minimum atomic E-state index is -0.893. The SMILES string of the molecule is O=C(O)CCCNC(=O)[C@H]1CC(=O)N(c2ccccc2Cl)C1. The van der Waals surface area contributed by atoms with E-state index in [4.69, 9.17) is 16.7 Å². The average molecular weight is 325 g/mol. The van der Waals surface area contributed by atoms with Gasteiger partial charge in [0, 0.05) is 25.9 Å². The first kappa shape index (κ1) is 16.3. The highest BCUT2D eigenvalue weighted by Crippen LogP contribution is 2.30. The van der Waals surface area contributed by atoms with Crippen LogP contribution in [0, 0.1) is 5.92 Å². The predicted octanol–water partition coefficient (Wildman–Crippen LogP) is 1.67. The van der Waals surface area contributed by atoms with Gasteiger partial charge in [-0.2, -0.15) is 0 Å². The number of amides is 2. The summed E-state index contributed by atoms with van der Waals surface area (Å²) in [6.07, 6.45) is 0.515. The number of carbonyl (C=O) groups is 3. The molecule has 6 nitrogen and oxygen atoms in total. The number of benzene rings is 1. The molecule has 1 aliphatic heterocycles. The molecule has 7 heteroatoms. The van der Waals surface area contributed by atoms with Gasteiger partial charge in [-0.25, -0.2) is 0 Å². The van der Waals surface area contributed by atoms with Crippen LogP contribution in [0.4, 0.5) is 5.69 Å². The summed E-state index contributed by atoms with van der Waals surface area (Å²) in [6.45, 7) is 0.579. The molecule has 2 amide bonds. The summed E-state index contributed by atoms with van der Waals surface area (Å²) in [5.41, 5.74) is 0.607. The van der Waals surface area contributed by atoms with Crippen LogP contribution in [0.15, 0.2) is 24.3 Å². The summed E-state index contributed by atoms with van der Waals surface area (Å²) >= 11 is 6.08. The average Bonchev–Trinajstić information content (AvgIpc) is 2.86. The molecule has 1 atom stereocenters. The molecule has 0 aliphatic carbocycles. The second-order valence-electron chi connectivity index (χ2n) is 5.15. The van der Waals surface area contributed by atoms with Crippen LogP contribution in [0.1, 0.15) is 19.3 Å². The highest BCUT2D eigenvalue weighted by Gasteiger charge is 2.35. The number of hydrogen-bond donors (Lipinski definition) is 2. The number of anilines is 1. The lowest BCUT2D eigenvalue weighted by Crippen LogP contribution is -2.33. The van der Waals surface area contributed by atoms with E-state index in [0.717, 1.165) is 0 Å². The first-order valence-corrected chi connectivity index (χ1v) is 7.41. The number of rotatable bonds is 6. The van der Waals surface area contributed by atoms with Crippen LogP contribution in [0.2, 0.25) is 5.02 Å². The summed E-state index contributed by atoms with van der Waals surface area (Å²) in [5.74, 6) is -1.70. The van der Waals surface area contributed by atoms with Gasteiger partial charge in [0.2, 0.25) is 11.8 Å². The first-order valence-electron chi connectivity index (χ1n) is 7.03. The van der Waals surface area contributed by atoms with Crippen molar-refractivity contribution in [2.24, 2.45) is 5.92 Å². The van der Waals surface area contributed by atoms with Crippen LogP contribution in [0.3, 0.4) is 0 Å². The second-order valence-corrected chi connectivity index (χ2v) is 5.55. The summed E-state index contributed by atoms with van der Waals surface area (Å²) in [5, 5.41) is 11.7. The molecule has 0 aromatic heterocycles. The maximum Gasteiger partial charge on any atom is 0.303 e. The molecular formula is C15H17ClN2O4. The molecule has 0 unspecified atom stereocenters. The Morgan fingerprint density at radius 1 is 1.36 bits per heavy atom. The molecule has 118 valence electrons. The topological polar surface area (TPSA) is 86.7 Å². The van der Waals surface area contributed by atoms with Crippen molar-refractivity contribution in [1.82, 2.24) is 5.32 Å². The fraction of sp³-hybridized carbons (Fsp3) is 0.400. The zero-order valence-corrected chi connectivity index (χ0v) is 12.7. The van der Waals surface area contributed by atoms with Crippen molar-refractivity contribution < 1.29 is 19.5 Å². The quantitative estimate of drug-likeness (QED) is 0.779. The molecule has 22 heavy (non-hydrogen) atoms. The summed E-state index contributed by atoms with van der Waals surface area (Å²) in [4.78, 5) is 36.0. The first-order chi connectivity index (χ1) is 10.5. The van der Waals surface area contributed by atoms with Crippen molar-refractivity contribution in [1.29, 1.82) is 0 Å². The number of aliphatic carboxylic acids is 1. The summed E-state index contributed by atoms with van der Waals surface area (Å²) < 4.78 is 0. The highest BCUT2D eigenvalue weighted by molar-refractivity contribution is 6.33. The lowest BCUT2D eigenvalue weighted by molar-refractivity contribution is -0.137. The minimum absolute atomic E-state index is 0.00955. The number of carboxylic acids is 1. The molecule has 1 fully saturated rings. The third-order valence-corrected chi connectivity index (χ3v) is 3.83. The normalized spacial score (nSPS) is 17.6. The number of para-hydroxylation sites is 1. The van der Waals surface area contributed by atoms with Crippen LogP contribution in [0.25, 0.3) is 0 Å². The predicted molar refractivity (Wildman–Crippen MR) is 81.8 cm³/mol. The van der Waals surface area contributed by atoms with Crippen molar-refractivity contribution >= 4 is 35.1 Å². The van der Waals surface area contributed by atoms with Crippen LogP contribution in [-0.2, 0) is 14.4 Å². The van der Waals surface area contributed by atoms with Gasteiger partial charge in [-0.15, -0.1) is 0 Å². The van der Waals surface area contributed by atoms with E-state index in [2.05, 4.69) is 5.32 Å². The molecule has 1 aromatic rings. The Balaban J connectivity index is 1.90. The number of carbonyl (C=O) groups excluding carboxylic acids is 2. The van der Waals surface area contributed by atoms with E-state index in [9.17, 15) is 14.4 Å². The molecule has 1 aliphatic rings. The van der Waals surface area contributed by atoms with Gasteiger partial charge in [0.15, 0.2) is 0 Å².